The molecule has 1 aromatic carbocycles. The molecule has 2 aromatic rings. The number of ether oxygens (including phenoxy) is 2. The van der Waals surface area contributed by atoms with Crippen molar-refractivity contribution in [3.8, 4) is 5.75 Å². The van der Waals surface area contributed by atoms with Crippen LogP contribution in [0.1, 0.15) is 28.3 Å². The molecule has 0 saturated heterocycles. The summed E-state index contributed by atoms with van der Waals surface area (Å²) in [5, 5.41) is 0. The molecule has 0 bridgehead atoms. The van der Waals surface area contributed by atoms with Crippen molar-refractivity contribution in [2.24, 2.45) is 0 Å². The van der Waals surface area contributed by atoms with Crippen LogP contribution < -0.4 is 4.74 Å². The van der Waals surface area contributed by atoms with E-state index in [0.717, 1.165) is 17.7 Å². The van der Waals surface area contributed by atoms with Crippen molar-refractivity contribution < 1.29 is 14.3 Å². The number of benzene rings is 1. The van der Waals surface area contributed by atoms with Crippen molar-refractivity contribution in [1.82, 2.24) is 4.98 Å². The fourth-order valence-electron chi connectivity index (χ4n) is 2.33. The average molecular weight is 269 g/mol. The van der Waals surface area contributed by atoms with Crippen molar-refractivity contribution in [2.45, 2.75) is 12.3 Å². The van der Waals surface area contributed by atoms with Gasteiger partial charge < -0.3 is 9.47 Å². The number of hydrogen-bond acceptors (Lipinski definition) is 4. The van der Waals surface area contributed by atoms with Crippen molar-refractivity contribution in [3.63, 3.8) is 0 Å². The molecule has 20 heavy (non-hydrogen) atoms. The molecule has 3 rings (SSSR count). The first kappa shape index (κ1) is 12.7. The molecule has 0 spiro atoms. The van der Waals surface area contributed by atoms with Crippen LogP contribution in [0, 0.1) is 0 Å². The molecule has 0 saturated carbocycles. The highest BCUT2D eigenvalue weighted by molar-refractivity contribution is 5.88. The van der Waals surface area contributed by atoms with Crippen molar-refractivity contribution in [2.75, 3.05) is 13.2 Å². The maximum Gasteiger partial charge on any atom is 0.339 e. The Hall–Kier alpha value is -2.36. The van der Waals surface area contributed by atoms with E-state index in [2.05, 4.69) is 4.98 Å². The van der Waals surface area contributed by atoms with Gasteiger partial charge in [0.2, 0.25) is 0 Å². The largest absolute Gasteiger partial charge is 0.493 e. The summed E-state index contributed by atoms with van der Waals surface area (Å²) in [7, 11) is 0. The number of nitrogens with zero attached hydrogens (tertiary/aromatic N) is 1. The van der Waals surface area contributed by atoms with Gasteiger partial charge in [-0.1, -0.05) is 18.2 Å². The Kier molecular flexibility index (Phi) is 3.63. The van der Waals surface area contributed by atoms with Crippen LogP contribution in [0.3, 0.4) is 0 Å². The van der Waals surface area contributed by atoms with Crippen LogP contribution in [-0.2, 0) is 4.74 Å². The summed E-state index contributed by atoms with van der Waals surface area (Å²) in [4.78, 5) is 15.8. The number of carbonyl (C=O) groups excluding carboxylic acids is 1. The van der Waals surface area contributed by atoms with E-state index in [1.54, 1.807) is 18.3 Å². The first-order chi connectivity index (χ1) is 9.84. The van der Waals surface area contributed by atoms with E-state index in [1.165, 1.54) is 6.20 Å². The second-order valence-corrected chi connectivity index (χ2v) is 4.71. The van der Waals surface area contributed by atoms with Crippen LogP contribution in [0.4, 0.5) is 0 Å². The van der Waals surface area contributed by atoms with Gasteiger partial charge in [-0.2, -0.15) is 0 Å². The van der Waals surface area contributed by atoms with Crippen LogP contribution in [-0.4, -0.2) is 24.2 Å². The molecule has 4 heteroatoms. The lowest BCUT2D eigenvalue weighted by molar-refractivity contribution is 0.0458. The fourth-order valence-corrected chi connectivity index (χ4v) is 2.33. The number of aromatic nitrogens is 1. The van der Waals surface area contributed by atoms with Crippen LogP contribution in [0.25, 0.3) is 0 Å². The summed E-state index contributed by atoms with van der Waals surface area (Å²) in [6, 6.07) is 11.3. The number of rotatable bonds is 3. The summed E-state index contributed by atoms with van der Waals surface area (Å²) in [6.45, 7) is 1.03. The number of pyridine rings is 1. The zero-order valence-corrected chi connectivity index (χ0v) is 11.0. The second kappa shape index (κ2) is 5.74. The summed E-state index contributed by atoms with van der Waals surface area (Å²) in [5.74, 6) is 0.754. The number of fused-ring (bicyclic) bond motifs is 1. The first-order valence-electron chi connectivity index (χ1n) is 6.63. The van der Waals surface area contributed by atoms with Gasteiger partial charge in [-0.25, -0.2) is 4.79 Å². The van der Waals surface area contributed by atoms with Gasteiger partial charge >= 0.3 is 5.97 Å². The molecular formula is C16H15NO3. The average Bonchev–Trinajstić information content (AvgIpc) is 2.53. The maximum atomic E-state index is 11.9. The lowest BCUT2D eigenvalue weighted by Crippen LogP contribution is -2.20. The smallest absolute Gasteiger partial charge is 0.339 e. The highest BCUT2D eigenvalue weighted by atomic mass is 16.5. The standard InChI is InChI=1S/C16H15NO3/c18-16(12-4-3-8-17-10-12)20-11-13-7-9-19-15-6-2-1-5-14(13)15/h1-6,8,10,13H,7,9,11H2/t13-/m1/s1. The molecule has 0 radical (unpaired) electrons. The number of carbonyl (C=O) groups is 1. The van der Waals surface area contributed by atoms with E-state index in [0.29, 0.717) is 18.8 Å². The second-order valence-electron chi connectivity index (χ2n) is 4.71. The fraction of sp³-hybridized carbons (Fsp3) is 0.250. The summed E-state index contributed by atoms with van der Waals surface area (Å²) < 4.78 is 11.0. The zero-order chi connectivity index (χ0) is 13.8. The van der Waals surface area contributed by atoms with Gasteiger partial charge in [0.25, 0.3) is 0 Å². The Morgan fingerprint density at radius 3 is 3.05 bits per heavy atom. The van der Waals surface area contributed by atoms with Crippen LogP contribution >= 0.6 is 0 Å². The van der Waals surface area contributed by atoms with E-state index in [-0.39, 0.29) is 11.9 Å². The van der Waals surface area contributed by atoms with Crippen LogP contribution in [0.5, 0.6) is 5.75 Å². The van der Waals surface area contributed by atoms with E-state index in [4.69, 9.17) is 9.47 Å². The normalized spacial score (nSPS) is 16.9. The van der Waals surface area contributed by atoms with Gasteiger partial charge in [0.1, 0.15) is 5.75 Å². The van der Waals surface area contributed by atoms with Crippen molar-refractivity contribution in [3.05, 3.63) is 59.9 Å². The van der Waals surface area contributed by atoms with Crippen LogP contribution in [0.2, 0.25) is 0 Å². The third kappa shape index (κ3) is 2.64. The molecule has 2 heterocycles. The molecule has 0 amide bonds. The van der Waals surface area contributed by atoms with Gasteiger partial charge in [0.05, 0.1) is 18.8 Å². The molecule has 4 nitrogen and oxygen atoms in total. The maximum absolute atomic E-state index is 11.9. The third-order valence-electron chi connectivity index (χ3n) is 3.40. The van der Waals surface area contributed by atoms with E-state index >= 15 is 0 Å². The van der Waals surface area contributed by atoms with Gasteiger partial charge in [-0.3, -0.25) is 4.98 Å². The molecule has 0 unspecified atom stereocenters. The number of hydrogen-bond donors (Lipinski definition) is 0. The summed E-state index contributed by atoms with van der Waals surface area (Å²) in [6.07, 6.45) is 4.00. The first-order valence-corrected chi connectivity index (χ1v) is 6.63. The molecule has 1 aliphatic heterocycles. The molecule has 0 N–H and O–H groups in total. The van der Waals surface area contributed by atoms with Gasteiger partial charge in [0, 0.05) is 23.9 Å². The minimum atomic E-state index is -0.331. The van der Waals surface area contributed by atoms with Gasteiger partial charge in [-0.05, 0) is 24.6 Å². The SMILES string of the molecule is O=C(OC[C@H]1CCOc2ccccc21)c1cccnc1. The van der Waals surface area contributed by atoms with Gasteiger partial charge in [0.15, 0.2) is 0 Å². The highest BCUT2D eigenvalue weighted by Crippen LogP contribution is 2.33. The molecule has 0 aliphatic carbocycles. The quantitative estimate of drug-likeness (QED) is 0.804. The molecule has 0 fully saturated rings. The number of para-hydroxylation sites is 1. The molecular weight excluding hydrogens is 254 g/mol. The lowest BCUT2D eigenvalue weighted by Gasteiger charge is -2.25. The highest BCUT2D eigenvalue weighted by Gasteiger charge is 2.22. The summed E-state index contributed by atoms with van der Waals surface area (Å²) in [5.41, 5.74) is 1.59. The molecule has 1 atom stereocenters. The summed E-state index contributed by atoms with van der Waals surface area (Å²) >= 11 is 0. The van der Waals surface area contributed by atoms with Crippen molar-refractivity contribution in [1.29, 1.82) is 0 Å². The van der Waals surface area contributed by atoms with Gasteiger partial charge in [-0.15, -0.1) is 0 Å². The Balaban J connectivity index is 1.67. The van der Waals surface area contributed by atoms with E-state index in [1.807, 2.05) is 24.3 Å². The Morgan fingerprint density at radius 1 is 1.30 bits per heavy atom. The Morgan fingerprint density at radius 2 is 2.20 bits per heavy atom. The minimum Gasteiger partial charge on any atom is -0.493 e. The lowest BCUT2D eigenvalue weighted by atomic mass is 9.94. The number of esters is 1. The third-order valence-corrected chi connectivity index (χ3v) is 3.40. The Labute approximate surface area is 117 Å². The van der Waals surface area contributed by atoms with Crippen molar-refractivity contribution >= 4 is 5.97 Å². The minimum absolute atomic E-state index is 0.195. The molecule has 1 aromatic heterocycles. The zero-order valence-electron chi connectivity index (χ0n) is 11.0. The van der Waals surface area contributed by atoms with E-state index in [9.17, 15) is 4.79 Å². The predicted octanol–water partition coefficient (Wildman–Crippen LogP) is 2.80. The Bertz CT molecular complexity index is 598. The topological polar surface area (TPSA) is 48.4 Å². The van der Waals surface area contributed by atoms with Crippen LogP contribution in [0.15, 0.2) is 48.8 Å². The molecule has 102 valence electrons. The van der Waals surface area contributed by atoms with E-state index < -0.39 is 0 Å². The monoisotopic (exact) mass is 269 g/mol. The molecule has 1 aliphatic rings. The predicted molar refractivity (Wildman–Crippen MR) is 73.8 cm³/mol.